The van der Waals surface area contributed by atoms with E-state index in [2.05, 4.69) is 5.32 Å². The molecule has 1 N–H and O–H groups in total. The molecule has 0 spiro atoms. The van der Waals surface area contributed by atoms with Crippen molar-refractivity contribution in [1.82, 2.24) is 5.32 Å². The van der Waals surface area contributed by atoms with Crippen molar-refractivity contribution in [3.8, 4) is 0 Å². The third-order valence-electron chi connectivity index (χ3n) is 1.67. The van der Waals surface area contributed by atoms with Gasteiger partial charge in [0.25, 0.3) is 0 Å². The molecular formula is C13H21NO3. The summed E-state index contributed by atoms with van der Waals surface area (Å²) in [6.07, 6.45) is 6.51. The molecule has 0 fully saturated rings. The van der Waals surface area contributed by atoms with Crippen molar-refractivity contribution in [2.75, 3.05) is 0 Å². The van der Waals surface area contributed by atoms with Crippen molar-refractivity contribution >= 4 is 11.9 Å². The summed E-state index contributed by atoms with van der Waals surface area (Å²) in [6.45, 7) is 8.79. The molecule has 17 heavy (non-hydrogen) atoms. The molecule has 0 aliphatic heterocycles. The Bertz CT molecular complexity index is 324. The van der Waals surface area contributed by atoms with E-state index in [1.54, 1.807) is 45.9 Å². The van der Waals surface area contributed by atoms with Crippen LogP contribution in [0.1, 0.15) is 34.6 Å². The maximum absolute atomic E-state index is 11.5. The lowest BCUT2D eigenvalue weighted by molar-refractivity contribution is -0.157. The molecule has 0 aliphatic carbocycles. The Morgan fingerprint density at radius 3 is 2.29 bits per heavy atom. The zero-order valence-corrected chi connectivity index (χ0v) is 11.1. The minimum atomic E-state index is -0.656. The third-order valence-corrected chi connectivity index (χ3v) is 1.67. The minimum absolute atomic E-state index is 0.318. The van der Waals surface area contributed by atoms with Crippen molar-refractivity contribution in [1.29, 1.82) is 0 Å². The first kappa shape index (κ1) is 15.4. The van der Waals surface area contributed by atoms with Gasteiger partial charge >= 0.3 is 5.97 Å². The molecule has 0 aromatic carbocycles. The normalized spacial score (nSPS) is 13.9. The molecule has 0 saturated heterocycles. The molecule has 0 heterocycles. The Kier molecular flexibility index (Phi) is 6.25. The van der Waals surface area contributed by atoms with Crippen LogP contribution in [0, 0.1) is 0 Å². The van der Waals surface area contributed by atoms with Gasteiger partial charge in [-0.1, -0.05) is 18.2 Å². The summed E-state index contributed by atoms with van der Waals surface area (Å²) in [5, 5.41) is 2.53. The average Bonchev–Trinajstić information content (AvgIpc) is 2.15. The van der Waals surface area contributed by atoms with E-state index in [1.807, 2.05) is 6.92 Å². The van der Waals surface area contributed by atoms with Gasteiger partial charge in [-0.05, 0) is 34.6 Å². The Morgan fingerprint density at radius 2 is 1.82 bits per heavy atom. The third kappa shape index (κ3) is 8.25. The van der Waals surface area contributed by atoms with E-state index in [9.17, 15) is 9.59 Å². The van der Waals surface area contributed by atoms with E-state index in [0.717, 1.165) is 0 Å². The maximum atomic E-state index is 11.5. The number of hydrogen-bond acceptors (Lipinski definition) is 3. The number of nitrogens with one attached hydrogen (secondary N) is 1. The molecule has 1 amide bonds. The molecule has 0 unspecified atom stereocenters. The van der Waals surface area contributed by atoms with Gasteiger partial charge < -0.3 is 10.1 Å². The number of carbonyl (C=O) groups excluding carboxylic acids is 2. The van der Waals surface area contributed by atoms with Crippen LogP contribution < -0.4 is 5.32 Å². The zero-order chi connectivity index (χ0) is 13.5. The fourth-order valence-corrected chi connectivity index (χ4v) is 0.965. The molecule has 4 heteroatoms. The van der Waals surface area contributed by atoms with Gasteiger partial charge in [0, 0.05) is 6.08 Å². The monoisotopic (exact) mass is 239 g/mol. The summed E-state index contributed by atoms with van der Waals surface area (Å²) in [4.78, 5) is 22.9. The van der Waals surface area contributed by atoms with Crippen molar-refractivity contribution in [3.63, 3.8) is 0 Å². The lowest BCUT2D eigenvalue weighted by atomic mass is 10.2. The average molecular weight is 239 g/mol. The molecule has 0 saturated carbocycles. The SMILES string of the molecule is CC=CC=CC(=O)N[C@H](C)C(=O)OC(C)(C)C. The van der Waals surface area contributed by atoms with E-state index in [0.29, 0.717) is 0 Å². The van der Waals surface area contributed by atoms with Crippen LogP contribution in [0.15, 0.2) is 24.3 Å². The number of carbonyl (C=O) groups is 2. The first-order chi connectivity index (χ1) is 7.76. The number of amides is 1. The highest BCUT2D eigenvalue weighted by atomic mass is 16.6. The van der Waals surface area contributed by atoms with E-state index in [1.165, 1.54) is 6.08 Å². The van der Waals surface area contributed by atoms with Crippen LogP contribution in [0.4, 0.5) is 0 Å². The minimum Gasteiger partial charge on any atom is -0.458 e. The predicted molar refractivity (Wildman–Crippen MR) is 67.4 cm³/mol. The van der Waals surface area contributed by atoms with Gasteiger partial charge in [-0.3, -0.25) is 4.79 Å². The lowest BCUT2D eigenvalue weighted by Gasteiger charge is -2.22. The summed E-state index contributed by atoms with van der Waals surface area (Å²) in [5.41, 5.74) is -0.545. The maximum Gasteiger partial charge on any atom is 0.328 e. The summed E-state index contributed by atoms with van der Waals surface area (Å²) >= 11 is 0. The highest BCUT2D eigenvalue weighted by molar-refractivity contribution is 5.91. The van der Waals surface area contributed by atoms with Crippen LogP contribution in [0.5, 0.6) is 0 Å². The molecule has 0 bridgehead atoms. The quantitative estimate of drug-likeness (QED) is 0.463. The summed E-state index contributed by atoms with van der Waals surface area (Å²) in [5.74, 6) is -0.758. The van der Waals surface area contributed by atoms with Gasteiger partial charge in [-0.2, -0.15) is 0 Å². The predicted octanol–water partition coefficient (Wildman–Crippen LogP) is 1.97. The fourth-order valence-electron chi connectivity index (χ4n) is 0.965. The number of esters is 1. The second-order valence-corrected chi connectivity index (χ2v) is 4.65. The summed E-state index contributed by atoms with van der Waals surface area (Å²) in [6, 6.07) is -0.656. The lowest BCUT2D eigenvalue weighted by Crippen LogP contribution is -2.41. The van der Waals surface area contributed by atoms with Crippen LogP contribution in [0.25, 0.3) is 0 Å². The van der Waals surface area contributed by atoms with Gasteiger partial charge in [0.15, 0.2) is 0 Å². The topological polar surface area (TPSA) is 55.4 Å². The largest absolute Gasteiger partial charge is 0.458 e. The molecule has 1 atom stereocenters. The highest BCUT2D eigenvalue weighted by Gasteiger charge is 2.22. The van der Waals surface area contributed by atoms with Gasteiger partial charge in [-0.15, -0.1) is 0 Å². The molecule has 0 rings (SSSR count). The van der Waals surface area contributed by atoms with E-state index in [-0.39, 0.29) is 5.91 Å². The number of ether oxygens (including phenoxy) is 1. The van der Waals surface area contributed by atoms with E-state index < -0.39 is 17.6 Å². The second kappa shape index (κ2) is 6.89. The summed E-state index contributed by atoms with van der Waals surface area (Å²) in [7, 11) is 0. The number of hydrogen-bond donors (Lipinski definition) is 1. The summed E-state index contributed by atoms with van der Waals surface area (Å²) < 4.78 is 5.13. The Hall–Kier alpha value is -1.58. The molecule has 0 aliphatic rings. The van der Waals surface area contributed by atoms with Crippen LogP contribution >= 0.6 is 0 Å². The van der Waals surface area contributed by atoms with Crippen molar-refractivity contribution in [2.45, 2.75) is 46.3 Å². The second-order valence-electron chi connectivity index (χ2n) is 4.65. The molecule has 0 radical (unpaired) electrons. The van der Waals surface area contributed by atoms with Crippen LogP contribution in [-0.4, -0.2) is 23.5 Å². The standard InChI is InChI=1S/C13H21NO3/c1-6-7-8-9-11(15)14-10(2)12(16)17-13(3,4)5/h6-10H,1-5H3,(H,14,15)/t10-/m1/s1. The zero-order valence-electron chi connectivity index (χ0n) is 11.1. The van der Waals surface area contributed by atoms with Crippen molar-refractivity contribution in [2.24, 2.45) is 0 Å². The number of rotatable bonds is 4. The van der Waals surface area contributed by atoms with Crippen LogP contribution in [-0.2, 0) is 14.3 Å². The smallest absolute Gasteiger partial charge is 0.328 e. The molecule has 0 aromatic rings. The molecule has 4 nitrogen and oxygen atoms in total. The fraction of sp³-hybridized carbons (Fsp3) is 0.538. The van der Waals surface area contributed by atoms with E-state index >= 15 is 0 Å². The van der Waals surface area contributed by atoms with Crippen LogP contribution in [0.2, 0.25) is 0 Å². The Labute approximate surface area is 103 Å². The van der Waals surface area contributed by atoms with Crippen molar-refractivity contribution < 1.29 is 14.3 Å². The molecule has 96 valence electrons. The van der Waals surface area contributed by atoms with E-state index in [4.69, 9.17) is 4.74 Å². The first-order valence-corrected chi connectivity index (χ1v) is 5.59. The van der Waals surface area contributed by atoms with Crippen molar-refractivity contribution in [3.05, 3.63) is 24.3 Å². The molecule has 0 aromatic heterocycles. The van der Waals surface area contributed by atoms with Gasteiger partial charge in [-0.25, -0.2) is 4.79 Å². The van der Waals surface area contributed by atoms with Gasteiger partial charge in [0.1, 0.15) is 11.6 Å². The highest BCUT2D eigenvalue weighted by Crippen LogP contribution is 2.08. The number of allylic oxidation sites excluding steroid dienone is 3. The Balaban J connectivity index is 4.21. The first-order valence-electron chi connectivity index (χ1n) is 5.59. The van der Waals surface area contributed by atoms with Gasteiger partial charge in [0.2, 0.25) is 5.91 Å². The van der Waals surface area contributed by atoms with Crippen LogP contribution in [0.3, 0.4) is 0 Å². The van der Waals surface area contributed by atoms with Gasteiger partial charge in [0.05, 0.1) is 0 Å². The Morgan fingerprint density at radius 1 is 1.24 bits per heavy atom. The molecular weight excluding hydrogens is 218 g/mol.